The summed E-state index contributed by atoms with van der Waals surface area (Å²) in [5, 5.41) is 9.78. The highest BCUT2D eigenvalue weighted by Gasteiger charge is 2.19. The third-order valence-corrected chi connectivity index (χ3v) is 4.52. The molecule has 0 atom stereocenters. The lowest BCUT2D eigenvalue weighted by Crippen LogP contribution is -2.49. The van der Waals surface area contributed by atoms with Crippen LogP contribution in [-0.4, -0.2) is 70.2 Å². The van der Waals surface area contributed by atoms with Gasteiger partial charge in [-0.05, 0) is 18.2 Å². The Morgan fingerprint density at radius 3 is 2.74 bits per heavy atom. The molecule has 3 aromatic rings. The number of anilines is 1. The number of aromatic amines is 1. The molecule has 1 aliphatic rings. The number of hydrogen-bond acceptors (Lipinski definition) is 7. The SMILES string of the molecule is O=C(NCCN1CCN(c2ncccn2)CC1)c1cc(-c2ccco2)[nH]n1. The van der Waals surface area contributed by atoms with Crippen molar-refractivity contribution in [2.24, 2.45) is 0 Å². The molecule has 0 aliphatic carbocycles. The van der Waals surface area contributed by atoms with Crippen molar-refractivity contribution in [2.45, 2.75) is 0 Å². The Morgan fingerprint density at radius 1 is 1.19 bits per heavy atom. The van der Waals surface area contributed by atoms with Gasteiger partial charge >= 0.3 is 0 Å². The number of amides is 1. The van der Waals surface area contributed by atoms with Crippen LogP contribution in [0.5, 0.6) is 0 Å². The summed E-state index contributed by atoms with van der Waals surface area (Å²) in [6.07, 6.45) is 5.10. The molecule has 27 heavy (non-hydrogen) atoms. The Balaban J connectivity index is 1.21. The van der Waals surface area contributed by atoms with Gasteiger partial charge in [0.15, 0.2) is 11.5 Å². The smallest absolute Gasteiger partial charge is 0.271 e. The number of rotatable bonds is 6. The maximum absolute atomic E-state index is 12.2. The summed E-state index contributed by atoms with van der Waals surface area (Å²) in [5.41, 5.74) is 1.04. The monoisotopic (exact) mass is 367 g/mol. The van der Waals surface area contributed by atoms with Crippen LogP contribution in [0.4, 0.5) is 5.95 Å². The summed E-state index contributed by atoms with van der Waals surface area (Å²) in [6, 6.07) is 7.11. The fourth-order valence-electron chi connectivity index (χ4n) is 3.04. The largest absolute Gasteiger partial charge is 0.463 e. The quantitative estimate of drug-likeness (QED) is 0.670. The van der Waals surface area contributed by atoms with E-state index in [0.717, 1.165) is 38.7 Å². The maximum atomic E-state index is 12.2. The molecule has 3 aromatic heterocycles. The van der Waals surface area contributed by atoms with Gasteiger partial charge in [0.2, 0.25) is 5.95 Å². The molecule has 0 aromatic carbocycles. The minimum absolute atomic E-state index is 0.194. The van der Waals surface area contributed by atoms with Gasteiger partial charge in [-0.25, -0.2) is 9.97 Å². The zero-order valence-corrected chi connectivity index (χ0v) is 14.8. The second kappa shape index (κ2) is 8.00. The molecular weight excluding hydrogens is 346 g/mol. The minimum Gasteiger partial charge on any atom is -0.463 e. The van der Waals surface area contributed by atoms with Crippen molar-refractivity contribution in [2.75, 3.05) is 44.2 Å². The van der Waals surface area contributed by atoms with E-state index in [-0.39, 0.29) is 5.91 Å². The first-order valence-electron chi connectivity index (χ1n) is 8.91. The Morgan fingerprint density at radius 2 is 2.00 bits per heavy atom. The van der Waals surface area contributed by atoms with Crippen LogP contribution in [-0.2, 0) is 0 Å². The molecule has 4 rings (SSSR count). The van der Waals surface area contributed by atoms with E-state index in [1.54, 1.807) is 30.8 Å². The topological polar surface area (TPSA) is 103 Å². The molecule has 1 aliphatic heterocycles. The minimum atomic E-state index is -0.194. The highest BCUT2D eigenvalue weighted by atomic mass is 16.3. The summed E-state index contributed by atoms with van der Waals surface area (Å²) in [5.74, 6) is 1.23. The Labute approximate surface area is 156 Å². The van der Waals surface area contributed by atoms with Crippen LogP contribution in [0.1, 0.15) is 10.5 Å². The average Bonchev–Trinajstić information content (AvgIpc) is 3.41. The fourth-order valence-corrected chi connectivity index (χ4v) is 3.04. The lowest BCUT2D eigenvalue weighted by molar-refractivity contribution is 0.0942. The van der Waals surface area contributed by atoms with E-state index in [1.807, 2.05) is 12.1 Å². The van der Waals surface area contributed by atoms with Crippen LogP contribution in [0.3, 0.4) is 0 Å². The van der Waals surface area contributed by atoms with Crippen LogP contribution in [0.15, 0.2) is 47.3 Å². The van der Waals surface area contributed by atoms with Gasteiger partial charge in [-0.2, -0.15) is 5.10 Å². The van der Waals surface area contributed by atoms with Gasteiger partial charge < -0.3 is 14.6 Å². The van der Waals surface area contributed by atoms with Crippen molar-refractivity contribution in [1.82, 2.24) is 30.4 Å². The number of nitrogens with zero attached hydrogens (tertiary/aromatic N) is 5. The van der Waals surface area contributed by atoms with E-state index in [0.29, 0.717) is 23.7 Å². The molecule has 0 unspecified atom stereocenters. The molecule has 0 spiro atoms. The molecular formula is C18H21N7O2. The van der Waals surface area contributed by atoms with Crippen LogP contribution >= 0.6 is 0 Å². The number of nitrogens with one attached hydrogen (secondary N) is 2. The first-order valence-corrected chi connectivity index (χ1v) is 8.91. The van der Waals surface area contributed by atoms with E-state index in [2.05, 4.69) is 35.3 Å². The van der Waals surface area contributed by atoms with Crippen LogP contribution in [0.2, 0.25) is 0 Å². The van der Waals surface area contributed by atoms with Gasteiger partial charge in [-0.15, -0.1) is 0 Å². The highest BCUT2D eigenvalue weighted by Crippen LogP contribution is 2.17. The van der Waals surface area contributed by atoms with Gasteiger partial charge in [0.05, 0.1) is 6.26 Å². The van der Waals surface area contributed by atoms with Gasteiger partial charge in [0.1, 0.15) is 5.69 Å². The van der Waals surface area contributed by atoms with Crippen LogP contribution in [0.25, 0.3) is 11.5 Å². The fraction of sp³-hybridized carbons (Fsp3) is 0.333. The third kappa shape index (κ3) is 4.14. The Kier molecular flexibility index (Phi) is 5.10. The second-order valence-corrected chi connectivity index (χ2v) is 6.28. The van der Waals surface area contributed by atoms with E-state index in [1.165, 1.54) is 0 Å². The summed E-state index contributed by atoms with van der Waals surface area (Å²) in [4.78, 5) is 25.3. The molecule has 0 radical (unpaired) electrons. The number of hydrogen-bond donors (Lipinski definition) is 2. The summed E-state index contributed by atoms with van der Waals surface area (Å²) < 4.78 is 5.29. The summed E-state index contributed by atoms with van der Waals surface area (Å²) in [7, 11) is 0. The molecule has 4 heterocycles. The van der Waals surface area contributed by atoms with Crippen molar-refractivity contribution in [3.05, 3.63) is 48.6 Å². The number of carbonyl (C=O) groups is 1. The molecule has 1 amide bonds. The Hall–Kier alpha value is -3.20. The Bertz CT molecular complexity index is 855. The number of H-pyrrole nitrogens is 1. The predicted octanol–water partition coefficient (Wildman–Crippen LogP) is 1.01. The van der Waals surface area contributed by atoms with E-state index in [9.17, 15) is 4.79 Å². The van der Waals surface area contributed by atoms with Gasteiger partial charge in [0, 0.05) is 57.7 Å². The van der Waals surface area contributed by atoms with Crippen LogP contribution < -0.4 is 10.2 Å². The average molecular weight is 367 g/mol. The molecule has 140 valence electrons. The van der Waals surface area contributed by atoms with Crippen molar-refractivity contribution in [1.29, 1.82) is 0 Å². The lowest BCUT2D eigenvalue weighted by Gasteiger charge is -2.34. The van der Waals surface area contributed by atoms with E-state index in [4.69, 9.17) is 4.42 Å². The molecule has 0 bridgehead atoms. The number of furan rings is 1. The maximum Gasteiger partial charge on any atom is 0.271 e. The van der Waals surface area contributed by atoms with Crippen molar-refractivity contribution in [3.63, 3.8) is 0 Å². The summed E-state index contributed by atoms with van der Waals surface area (Å²) in [6.45, 7) is 4.96. The first kappa shape index (κ1) is 17.2. The predicted molar refractivity (Wildman–Crippen MR) is 99.3 cm³/mol. The lowest BCUT2D eigenvalue weighted by atomic mass is 10.3. The number of piperazine rings is 1. The molecule has 1 fully saturated rings. The van der Waals surface area contributed by atoms with Crippen LogP contribution in [0, 0.1) is 0 Å². The van der Waals surface area contributed by atoms with Gasteiger partial charge in [-0.1, -0.05) is 0 Å². The molecule has 9 heteroatoms. The molecule has 9 nitrogen and oxygen atoms in total. The zero-order valence-electron chi connectivity index (χ0n) is 14.8. The third-order valence-electron chi connectivity index (χ3n) is 4.52. The molecule has 2 N–H and O–H groups in total. The molecule has 1 saturated heterocycles. The van der Waals surface area contributed by atoms with E-state index < -0.39 is 0 Å². The number of aromatic nitrogens is 4. The van der Waals surface area contributed by atoms with Crippen molar-refractivity contribution < 1.29 is 9.21 Å². The zero-order chi connectivity index (χ0) is 18.5. The normalized spacial score (nSPS) is 15.0. The van der Waals surface area contributed by atoms with Gasteiger partial charge in [0.25, 0.3) is 5.91 Å². The van der Waals surface area contributed by atoms with Gasteiger partial charge in [-0.3, -0.25) is 14.8 Å². The summed E-state index contributed by atoms with van der Waals surface area (Å²) >= 11 is 0. The standard InChI is InChI=1S/C18H21N7O2/c26-17(15-13-14(22-23-15)16-3-1-12-27-16)19-6-7-24-8-10-25(11-9-24)18-20-4-2-5-21-18/h1-5,12-13H,6-11H2,(H,19,26)(H,22,23). The first-order chi connectivity index (χ1) is 13.3. The van der Waals surface area contributed by atoms with Crippen molar-refractivity contribution in [3.8, 4) is 11.5 Å². The highest BCUT2D eigenvalue weighted by molar-refractivity contribution is 5.93. The molecule has 0 saturated carbocycles. The number of carbonyl (C=O) groups excluding carboxylic acids is 1. The van der Waals surface area contributed by atoms with E-state index >= 15 is 0 Å². The van der Waals surface area contributed by atoms with Crippen molar-refractivity contribution >= 4 is 11.9 Å². The second-order valence-electron chi connectivity index (χ2n) is 6.28.